The molecule has 1 saturated heterocycles. The maximum absolute atomic E-state index is 14.8. The molecule has 0 radical (unpaired) electrons. The van der Waals surface area contributed by atoms with Crippen LogP contribution in [0.2, 0.25) is 0 Å². The van der Waals surface area contributed by atoms with Gasteiger partial charge in [0.25, 0.3) is 5.24 Å². The molecule has 42 heavy (non-hydrogen) atoms. The number of fused-ring (bicyclic) bond motifs is 1. The van der Waals surface area contributed by atoms with E-state index >= 15 is 0 Å². The molecule has 0 spiro atoms. The average molecular weight is 577 g/mol. The number of imide groups is 1. The minimum Gasteiger partial charge on any atom is -0.396 e. The molecule has 4 aromatic rings. The molecule has 0 aromatic heterocycles. The molecule has 0 aliphatic carbocycles. The largest absolute Gasteiger partial charge is 0.396 e. The number of carbonyl (C=O) groups is 3. The lowest BCUT2D eigenvalue weighted by Crippen LogP contribution is -2.51. The zero-order chi connectivity index (χ0) is 29.1. The molecule has 6 rings (SSSR count). The fraction of sp³-hybridized carbons (Fsp3) is 0.229. The number of amides is 3. The van der Waals surface area contributed by atoms with Crippen LogP contribution in [-0.4, -0.2) is 38.9 Å². The van der Waals surface area contributed by atoms with Crippen LogP contribution in [0.5, 0.6) is 0 Å². The highest BCUT2D eigenvalue weighted by atomic mass is 32.2. The summed E-state index contributed by atoms with van der Waals surface area (Å²) in [4.78, 5) is 42.7. The van der Waals surface area contributed by atoms with Crippen molar-refractivity contribution in [3.8, 4) is 0 Å². The summed E-state index contributed by atoms with van der Waals surface area (Å²) in [5.41, 5.74) is 3.96. The summed E-state index contributed by atoms with van der Waals surface area (Å²) >= 11 is 1.07. The minimum atomic E-state index is -1.19. The fourth-order valence-electron chi connectivity index (χ4n) is 6.49. The van der Waals surface area contributed by atoms with Crippen LogP contribution >= 0.6 is 11.8 Å². The Morgan fingerprint density at radius 3 is 1.90 bits per heavy atom. The van der Waals surface area contributed by atoms with Gasteiger partial charge >= 0.3 is 0 Å². The summed E-state index contributed by atoms with van der Waals surface area (Å²) in [5.74, 6) is -0.617. The predicted octanol–water partition coefficient (Wildman–Crippen LogP) is 6.48. The van der Waals surface area contributed by atoms with Crippen LogP contribution in [0.15, 0.2) is 109 Å². The van der Waals surface area contributed by atoms with Crippen LogP contribution in [0.3, 0.4) is 0 Å². The topological polar surface area (TPSA) is 86.7 Å². The zero-order valence-electron chi connectivity index (χ0n) is 23.1. The second-order valence-electron chi connectivity index (χ2n) is 10.7. The molecule has 3 amide bonds. The summed E-state index contributed by atoms with van der Waals surface area (Å²) < 4.78 is 0. The van der Waals surface area contributed by atoms with Crippen molar-refractivity contribution in [1.82, 2.24) is 4.90 Å². The van der Waals surface area contributed by atoms with E-state index in [1.54, 1.807) is 0 Å². The number of carbonyl (C=O) groups excluding carboxylic acids is 3. The molecule has 2 unspecified atom stereocenters. The Balaban J connectivity index is 1.52. The van der Waals surface area contributed by atoms with Crippen LogP contribution in [0.25, 0.3) is 0 Å². The van der Waals surface area contributed by atoms with Gasteiger partial charge in [0.2, 0.25) is 11.8 Å². The first-order valence-corrected chi connectivity index (χ1v) is 15.2. The molecule has 2 aliphatic heterocycles. The van der Waals surface area contributed by atoms with Gasteiger partial charge in [-0.05, 0) is 53.1 Å². The lowest BCUT2D eigenvalue weighted by Gasteiger charge is -2.42. The van der Waals surface area contributed by atoms with E-state index in [0.717, 1.165) is 45.3 Å². The van der Waals surface area contributed by atoms with E-state index in [9.17, 15) is 19.5 Å². The summed E-state index contributed by atoms with van der Waals surface area (Å²) in [5, 5.41) is 11.8. The summed E-state index contributed by atoms with van der Waals surface area (Å²) in [7, 11) is 0. The van der Waals surface area contributed by atoms with Gasteiger partial charge in [-0.1, -0.05) is 115 Å². The SMILES string of the molecule is O=C1CCc2c(cccc2C(CCCO)C2SC(=O)N(C(c3ccccc3)(c3ccccc3)c3ccccc3)C2=O)N1. The van der Waals surface area contributed by atoms with Crippen LogP contribution in [0.4, 0.5) is 10.5 Å². The lowest BCUT2D eigenvalue weighted by molar-refractivity contribution is -0.130. The first-order chi connectivity index (χ1) is 20.6. The second-order valence-corrected chi connectivity index (χ2v) is 11.8. The van der Waals surface area contributed by atoms with Crippen molar-refractivity contribution in [2.24, 2.45) is 0 Å². The summed E-state index contributed by atoms with van der Waals surface area (Å²) in [6.45, 7) is -0.0204. The molecule has 7 heteroatoms. The normalized spacial score (nSPS) is 17.6. The summed E-state index contributed by atoms with van der Waals surface area (Å²) in [6, 6.07) is 35.0. The average Bonchev–Trinajstić information content (AvgIpc) is 3.32. The molecular formula is C35H32N2O4S. The molecule has 1 fully saturated rings. The molecule has 2 atom stereocenters. The number of thioether (sulfide) groups is 1. The third-order valence-electron chi connectivity index (χ3n) is 8.31. The standard InChI is InChI=1S/C35H32N2O4S/c38-23-11-19-29(27-18-10-20-30-28(27)21-22-31(39)36-30)32-33(40)37(34(41)42-32)35(24-12-4-1-5-13-24,25-14-6-2-7-15-25)26-16-8-3-9-17-26/h1-10,12-18,20,29,32,38H,11,19,21-23H2,(H,36,39). The molecule has 2 N–H and O–H groups in total. The Bertz CT molecular complexity index is 1500. The molecule has 0 saturated carbocycles. The van der Waals surface area contributed by atoms with Crippen LogP contribution in [0, 0.1) is 0 Å². The number of hydrogen-bond acceptors (Lipinski definition) is 5. The van der Waals surface area contributed by atoms with E-state index in [0.29, 0.717) is 25.7 Å². The fourth-order valence-corrected chi connectivity index (χ4v) is 7.69. The van der Waals surface area contributed by atoms with Crippen molar-refractivity contribution >= 4 is 34.5 Å². The number of aliphatic hydroxyl groups is 1. The molecule has 2 heterocycles. The number of nitrogens with zero attached hydrogens (tertiary/aromatic N) is 1. The number of hydrogen-bond donors (Lipinski definition) is 2. The highest BCUT2D eigenvalue weighted by Crippen LogP contribution is 2.51. The van der Waals surface area contributed by atoms with Gasteiger partial charge in [0.15, 0.2) is 0 Å². The number of anilines is 1. The number of nitrogens with one attached hydrogen (secondary N) is 1. The van der Waals surface area contributed by atoms with E-state index in [2.05, 4.69) is 5.32 Å². The van der Waals surface area contributed by atoms with Gasteiger partial charge in [-0.2, -0.15) is 0 Å². The Kier molecular flexibility index (Phi) is 7.96. The first-order valence-electron chi connectivity index (χ1n) is 14.3. The van der Waals surface area contributed by atoms with Crippen molar-refractivity contribution < 1.29 is 19.5 Å². The molecule has 0 bridgehead atoms. The smallest absolute Gasteiger partial charge is 0.290 e. The maximum Gasteiger partial charge on any atom is 0.290 e. The first kappa shape index (κ1) is 27.9. The van der Waals surface area contributed by atoms with E-state index in [1.807, 2.05) is 109 Å². The zero-order valence-corrected chi connectivity index (χ0v) is 23.9. The third-order valence-corrected chi connectivity index (χ3v) is 9.48. The van der Waals surface area contributed by atoms with Crippen molar-refractivity contribution in [2.45, 2.75) is 42.4 Å². The Hall–Kier alpha value is -4.20. The van der Waals surface area contributed by atoms with Crippen molar-refractivity contribution in [2.75, 3.05) is 11.9 Å². The van der Waals surface area contributed by atoms with E-state index in [-0.39, 0.29) is 29.6 Å². The lowest BCUT2D eigenvalue weighted by atomic mass is 9.75. The van der Waals surface area contributed by atoms with Gasteiger partial charge in [-0.25, -0.2) is 0 Å². The Labute approximate surface area is 249 Å². The van der Waals surface area contributed by atoms with Gasteiger partial charge in [-0.3, -0.25) is 19.3 Å². The Morgan fingerprint density at radius 2 is 1.36 bits per heavy atom. The quantitative estimate of drug-likeness (QED) is 0.223. The monoisotopic (exact) mass is 576 g/mol. The minimum absolute atomic E-state index is 0.0204. The molecule has 2 aliphatic rings. The van der Waals surface area contributed by atoms with Crippen molar-refractivity contribution in [3.63, 3.8) is 0 Å². The number of rotatable bonds is 9. The summed E-state index contributed by atoms with van der Waals surface area (Å²) in [6.07, 6.45) is 1.95. The Morgan fingerprint density at radius 1 is 0.786 bits per heavy atom. The van der Waals surface area contributed by atoms with Crippen LogP contribution in [0.1, 0.15) is 53.0 Å². The van der Waals surface area contributed by atoms with Crippen LogP contribution < -0.4 is 5.32 Å². The van der Waals surface area contributed by atoms with Gasteiger partial charge in [0, 0.05) is 24.6 Å². The number of aliphatic hydroxyl groups excluding tert-OH is 1. The van der Waals surface area contributed by atoms with E-state index in [1.165, 1.54) is 4.90 Å². The van der Waals surface area contributed by atoms with Gasteiger partial charge in [0.1, 0.15) is 10.8 Å². The van der Waals surface area contributed by atoms with E-state index < -0.39 is 10.8 Å². The number of benzene rings is 4. The maximum atomic E-state index is 14.8. The third kappa shape index (κ3) is 4.82. The van der Waals surface area contributed by atoms with Gasteiger partial charge in [-0.15, -0.1) is 0 Å². The molecule has 212 valence electrons. The van der Waals surface area contributed by atoms with Gasteiger partial charge < -0.3 is 10.4 Å². The second kappa shape index (κ2) is 12.0. The molecular weight excluding hydrogens is 544 g/mol. The predicted molar refractivity (Wildman–Crippen MR) is 165 cm³/mol. The van der Waals surface area contributed by atoms with E-state index in [4.69, 9.17) is 0 Å². The highest BCUT2D eigenvalue weighted by molar-refractivity contribution is 8.15. The highest BCUT2D eigenvalue weighted by Gasteiger charge is 2.55. The van der Waals surface area contributed by atoms with Crippen molar-refractivity contribution in [3.05, 3.63) is 137 Å². The molecule has 6 nitrogen and oxygen atoms in total. The molecule has 4 aromatic carbocycles. The van der Waals surface area contributed by atoms with Crippen molar-refractivity contribution in [1.29, 1.82) is 0 Å². The van der Waals surface area contributed by atoms with Crippen LogP contribution in [-0.2, 0) is 21.5 Å². The van der Waals surface area contributed by atoms with Gasteiger partial charge in [0.05, 0.1) is 0 Å².